The van der Waals surface area contributed by atoms with Crippen molar-refractivity contribution in [3.05, 3.63) is 71.8 Å². The highest BCUT2D eigenvalue weighted by atomic mass is 16.3. The van der Waals surface area contributed by atoms with Crippen LogP contribution < -0.4 is 4.90 Å². The molecular weight excluding hydrogens is 320 g/mol. The van der Waals surface area contributed by atoms with Gasteiger partial charge in [0.15, 0.2) is 0 Å². The summed E-state index contributed by atoms with van der Waals surface area (Å²) in [6, 6.07) is 20.4. The fourth-order valence-corrected chi connectivity index (χ4v) is 3.22. The summed E-state index contributed by atoms with van der Waals surface area (Å²) in [6.45, 7) is 5.85. The van der Waals surface area contributed by atoms with Gasteiger partial charge < -0.3 is 10.0 Å². The first-order valence-corrected chi connectivity index (χ1v) is 8.74. The van der Waals surface area contributed by atoms with Gasteiger partial charge in [-0.3, -0.25) is 4.99 Å². The molecule has 0 atom stereocenters. The van der Waals surface area contributed by atoms with Crippen LogP contribution in [0.5, 0.6) is 5.75 Å². The predicted molar refractivity (Wildman–Crippen MR) is 111 cm³/mol. The molecule has 0 saturated heterocycles. The molecule has 132 valence electrons. The Hall–Kier alpha value is -3.07. The van der Waals surface area contributed by atoms with Crippen molar-refractivity contribution in [2.45, 2.75) is 20.8 Å². The molecule has 3 aromatic rings. The number of rotatable bonds is 4. The molecule has 0 fully saturated rings. The lowest BCUT2D eigenvalue weighted by Crippen LogP contribution is -2.11. The Morgan fingerprint density at radius 3 is 2.35 bits per heavy atom. The zero-order valence-electron chi connectivity index (χ0n) is 15.7. The molecule has 0 spiro atoms. The molecular formula is C23H24N2O. The van der Waals surface area contributed by atoms with E-state index in [9.17, 15) is 5.11 Å². The Morgan fingerprint density at radius 1 is 0.923 bits per heavy atom. The SMILES string of the molecule is CC=Nc1c(-c2ccccc2)cccc1N(C)c1cc(C)cc(O)c1C. The summed E-state index contributed by atoms with van der Waals surface area (Å²) in [4.78, 5) is 6.77. The van der Waals surface area contributed by atoms with Gasteiger partial charge in [0.2, 0.25) is 0 Å². The first kappa shape index (κ1) is 17.7. The number of para-hydroxylation sites is 1. The van der Waals surface area contributed by atoms with Crippen molar-refractivity contribution >= 4 is 23.3 Å². The Labute approximate surface area is 155 Å². The van der Waals surface area contributed by atoms with Crippen LogP contribution in [0.25, 0.3) is 11.1 Å². The molecule has 3 nitrogen and oxygen atoms in total. The van der Waals surface area contributed by atoms with Crippen LogP contribution in [-0.4, -0.2) is 18.4 Å². The minimum Gasteiger partial charge on any atom is -0.508 e. The van der Waals surface area contributed by atoms with E-state index >= 15 is 0 Å². The van der Waals surface area contributed by atoms with Gasteiger partial charge in [-0.25, -0.2) is 0 Å². The van der Waals surface area contributed by atoms with Gasteiger partial charge in [-0.05, 0) is 50.1 Å². The van der Waals surface area contributed by atoms with Crippen LogP contribution in [0.4, 0.5) is 17.1 Å². The number of benzene rings is 3. The number of nitrogens with zero attached hydrogens (tertiary/aromatic N) is 2. The van der Waals surface area contributed by atoms with E-state index in [4.69, 9.17) is 0 Å². The van der Waals surface area contributed by atoms with Gasteiger partial charge in [0.1, 0.15) is 5.75 Å². The third kappa shape index (κ3) is 3.33. The molecule has 3 aromatic carbocycles. The van der Waals surface area contributed by atoms with E-state index in [1.165, 1.54) is 0 Å². The summed E-state index contributed by atoms with van der Waals surface area (Å²) in [5.41, 5.74) is 6.99. The Kier molecular flexibility index (Phi) is 5.08. The average Bonchev–Trinajstić information content (AvgIpc) is 2.65. The summed E-state index contributed by atoms with van der Waals surface area (Å²) in [5.74, 6) is 0.312. The molecule has 0 aliphatic carbocycles. The summed E-state index contributed by atoms with van der Waals surface area (Å²) >= 11 is 0. The number of aromatic hydroxyl groups is 1. The number of phenols is 1. The average molecular weight is 344 g/mol. The number of hydrogen-bond donors (Lipinski definition) is 1. The van der Waals surface area contributed by atoms with E-state index in [1.807, 2.05) is 58.3 Å². The highest BCUT2D eigenvalue weighted by Crippen LogP contribution is 2.42. The standard InChI is InChI=1S/C23H24N2O/c1-5-24-23-19(18-10-7-6-8-11-18)12-9-13-20(23)25(4)21-14-16(2)15-22(26)17(21)3/h5-15,26H,1-4H3. The highest BCUT2D eigenvalue weighted by molar-refractivity contribution is 5.90. The maximum atomic E-state index is 10.2. The fraction of sp³-hybridized carbons (Fsp3) is 0.174. The van der Waals surface area contributed by atoms with Crippen LogP contribution in [-0.2, 0) is 0 Å². The van der Waals surface area contributed by atoms with Gasteiger partial charge in [-0.15, -0.1) is 0 Å². The minimum absolute atomic E-state index is 0.312. The van der Waals surface area contributed by atoms with Crippen molar-refractivity contribution < 1.29 is 5.11 Å². The van der Waals surface area contributed by atoms with Crippen LogP contribution in [0, 0.1) is 13.8 Å². The van der Waals surface area contributed by atoms with Crippen molar-refractivity contribution in [3.63, 3.8) is 0 Å². The molecule has 3 heteroatoms. The third-order valence-electron chi connectivity index (χ3n) is 4.58. The maximum absolute atomic E-state index is 10.2. The van der Waals surface area contributed by atoms with E-state index in [1.54, 1.807) is 6.07 Å². The van der Waals surface area contributed by atoms with Crippen LogP contribution >= 0.6 is 0 Å². The Morgan fingerprint density at radius 2 is 1.65 bits per heavy atom. The Bertz CT molecular complexity index is 946. The van der Waals surface area contributed by atoms with Crippen molar-refractivity contribution in [1.82, 2.24) is 0 Å². The number of hydrogen-bond acceptors (Lipinski definition) is 3. The molecule has 0 unspecified atom stereocenters. The van der Waals surface area contributed by atoms with Gasteiger partial charge in [-0.1, -0.05) is 42.5 Å². The maximum Gasteiger partial charge on any atom is 0.120 e. The van der Waals surface area contributed by atoms with Gasteiger partial charge in [0.05, 0.1) is 11.4 Å². The molecule has 0 saturated carbocycles. The molecule has 3 rings (SSSR count). The highest BCUT2D eigenvalue weighted by Gasteiger charge is 2.16. The first-order valence-electron chi connectivity index (χ1n) is 8.74. The molecule has 0 aliphatic rings. The normalized spacial score (nSPS) is 11.1. The molecule has 0 radical (unpaired) electrons. The Balaban J connectivity index is 2.20. The smallest absolute Gasteiger partial charge is 0.120 e. The lowest BCUT2D eigenvalue weighted by Gasteiger charge is -2.25. The molecule has 0 bridgehead atoms. The zero-order chi connectivity index (χ0) is 18.7. The van der Waals surface area contributed by atoms with Crippen molar-refractivity contribution in [3.8, 4) is 16.9 Å². The van der Waals surface area contributed by atoms with E-state index in [2.05, 4.69) is 40.2 Å². The quantitative estimate of drug-likeness (QED) is 0.575. The van der Waals surface area contributed by atoms with Crippen LogP contribution in [0.15, 0.2) is 65.7 Å². The zero-order valence-corrected chi connectivity index (χ0v) is 15.7. The predicted octanol–water partition coefficient (Wildman–Crippen LogP) is 6.17. The van der Waals surface area contributed by atoms with E-state index < -0.39 is 0 Å². The van der Waals surface area contributed by atoms with E-state index in [0.717, 1.165) is 39.3 Å². The second-order valence-corrected chi connectivity index (χ2v) is 6.41. The molecule has 0 aliphatic heterocycles. The molecule has 0 aromatic heterocycles. The van der Waals surface area contributed by atoms with Crippen molar-refractivity contribution in [1.29, 1.82) is 0 Å². The fourth-order valence-electron chi connectivity index (χ4n) is 3.22. The van der Waals surface area contributed by atoms with Crippen LogP contribution in [0.2, 0.25) is 0 Å². The van der Waals surface area contributed by atoms with Crippen LogP contribution in [0.1, 0.15) is 18.1 Å². The second-order valence-electron chi connectivity index (χ2n) is 6.41. The summed E-state index contributed by atoms with van der Waals surface area (Å²) in [6.07, 6.45) is 1.82. The first-order chi connectivity index (χ1) is 12.5. The summed E-state index contributed by atoms with van der Waals surface area (Å²) in [5, 5.41) is 10.2. The second kappa shape index (κ2) is 7.44. The van der Waals surface area contributed by atoms with Gasteiger partial charge in [-0.2, -0.15) is 0 Å². The minimum atomic E-state index is 0.312. The number of phenolic OH excluding ortho intramolecular Hbond substituents is 1. The monoisotopic (exact) mass is 344 g/mol. The van der Waals surface area contributed by atoms with Gasteiger partial charge in [0.25, 0.3) is 0 Å². The van der Waals surface area contributed by atoms with Crippen molar-refractivity contribution in [2.75, 3.05) is 11.9 Å². The number of anilines is 2. The van der Waals surface area contributed by atoms with E-state index in [0.29, 0.717) is 5.75 Å². The molecule has 1 N–H and O–H groups in total. The molecule has 26 heavy (non-hydrogen) atoms. The van der Waals surface area contributed by atoms with Gasteiger partial charge in [0, 0.05) is 30.1 Å². The van der Waals surface area contributed by atoms with Gasteiger partial charge >= 0.3 is 0 Å². The summed E-state index contributed by atoms with van der Waals surface area (Å²) in [7, 11) is 2.01. The third-order valence-corrected chi connectivity index (χ3v) is 4.58. The lowest BCUT2D eigenvalue weighted by atomic mass is 10.0. The van der Waals surface area contributed by atoms with Crippen molar-refractivity contribution in [2.24, 2.45) is 4.99 Å². The number of aryl methyl sites for hydroxylation is 1. The topological polar surface area (TPSA) is 35.8 Å². The van der Waals surface area contributed by atoms with E-state index in [-0.39, 0.29) is 0 Å². The molecule has 0 amide bonds. The number of aliphatic imine (C=N–C) groups is 1. The summed E-state index contributed by atoms with van der Waals surface area (Å²) < 4.78 is 0. The van der Waals surface area contributed by atoms with Crippen LogP contribution in [0.3, 0.4) is 0 Å². The lowest BCUT2D eigenvalue weighted by molar-refractivity contribution is 0.471. The molecule has 0 heterocycles. The largest absolute Gasteiger partial charge is 0.508 e.